The third-order valence-corrected chi connectivity index (χ3v) is 4.52. The Kier molecular flexibility index (Phi) is 9.29. The molecular weight excluding hydrogens is 307 g/mol. The zero-order valence-electron chi connectivity index (χ0n) is 12.9. The Labute approximate surface area is 138 Å². The molecule has 0 aromatic heterocycles. The van der Waals surface area contributed by atoms with Crippen molar-refractivity contribution in [2.24, 2.45) is 0 Å². The van der Waals surface area contributed by atoms with Crippen molar-refractivity contribution >= 4 is 23.2 Å². The molecule has 0 amide bonds. The van der Waals surface area contributed by atoms with E-state index in [1.807, 2.05) is 19.2 Å². The highest BCUT2D eigenvalue weighted by atomic mass is 35.5. The second kappa shape index (κ2) is 10.4. The highest BCUT2D eigenvalue weighted by Gasteiger charge is 2.16. The van der Waals surface area contributed by atoms with Crippen LogP contribution in [-0.4, -0.2) is 43.3 Å². The molecule has 0 fully saturated rings. The van der Waals surface area contributed by atoms with Crippen molar-refractivity contribution in [3.63, 3.8) is 0 Å². The molecule has 3 nitrogen and oxygen atoms in total. The van der Waals surface area contributed by atoms with Crippen LogP contribution in [-0.2, 0) is 0 Å². The Hall–Kier alpha value is -0.320. The highest BCUT2D eigenvalue weighted by molar-refractivity contribution is 6.42. The third kappa shape index (κ3) is 6.13. The van der Waals surface area contributed by atoms with Gasteiger partial charge in [-0.05, 0) is 38.1 Å². The van der Waals surface area contributed by atoms with Crippen molar-refractivity contribution in [2.45, 2.75) is 32.2 Å². The van der Waals surface area contributed by atoms with E-state index in [2.05, 4.69) is 17.1 Å². The van der Waals surface area contributed by atoms with Crippen molar-refractivity contribution in [2.75, 3.05) is 33.3 Å². The van der Waals surface area contributed by atoms with Gasteiger partial charge in [-0.3, -0.25) is 0 Å². The first-order valence-corrected chi connectivity index (χ1v) is 8.34. The summed E-state index contributed by atoms with van der Waals surface area (Å²) in [7, 11) is 1.93. The summed E-state index contributed by atoms with van der Waals surface area (Å²) in [4.78, 5) is 2.30. The molecule has 0 aliphatic heterocycles. The summed E-state index contributed by atoms with van der Waals surface area (Å²) < 4.78 is 0. The Bertz CT molecular complexity index is 415. The quantitative estimate of drug-likeness (QED) is 0.685. The van der Waals surface area contributed by atoms with Crippen LogP contribution in [0.3, 0.4) is 0 Å². The Morgan fingerprint density at radius 2 is 2.00 bits per heavy atom. The largest absolute Gasteiger partial charge is 0.395 e. The predicted octanol–water partition coefficient (Wildman–Crippen LogP) is 3.74. The maximum absolute atomic E-state index is 9.16. The van der Waals surface area contributed by atoms with Gasteiger partial charge < -0.3 is 15.3 Å². The van der Waals surface area contributed by atoms with Gasteiger partial charge in [0.05, 0.1) is 16.7 Å². The number of hydrogen-bond donors (Lipinski definition) is 2. The molecule has 21 heavy (non-hydrogen) atoms. The minimum atomic E-state index is 0.166. The lowest BCUT2D eigenvalue weighted by Crippen LogP contribution is -2.31. The summed E-state index contributed by atoms with van der Waals surface area (Å²) in [6.07, 6.45) is 3.25. The van der Waals surface area contributed by atoms with E-state index >= 15 is 0 Å². The number of rotatable bonds is 10. The number of halogens is 2. The van der Waals surface area contributed by atoms with E-state index in [0.29, 0.717) is 10.0 Å². The summed E-state index contributed by atoms with van der Waals surface area (Å²) in [5.41, 5.74) is 1.03. The van der Waals surface area contributed by atoms with Gasteiger partial charge in [-0.15, -0.1) is 0 Å². The van der Waals surface area contributed by atoms with E-state index in [4.69, 9.17) is 28.3 Å². The topological polar surface area (TPSA) is 35.5 Å². The minimum Gasteiger partial charge on any atom is -0.395 e. The van der Waals surface area contributed by atoms with Crippen LogP contribution < -0.4 is 5.32 Å². The SMILES string of the molecule is CCCCN(CCO)CCC(NC)c1cccc(Cl)c1Cl. The fourth-order valence-corrected chi connectivity index (χ4v) is 2.85. The standard InChI is InChI=1S/C16H26Cl2N2O/c1-3-4-9-20(11-12-21)10-8-15(19-2)13-6-5-7-14(17)16(13)18/h5-7,15,19,21H,3-4,8-12H2,1-2H3. The predicted molar refractivity (Wildman–Crippen MR) is 91.3 cm³/mol. The van der Waals surface area contributed by atoms with Gasteiger partial charge in [0.15, 0.2) is 0 Å². The molecule has 0 bridgehead atoms. The molecule has 0 saturated heterocycles. The van der Waals surface area contributed by atoms with Gasteiger partial charge in [0.25, 0.3) is 0 Å². The molecule has 1 aromatic carbocycles. The first kappa shape index (κ1) is 18.7. The van der Waals surface area contributed by atoms with Gasteiger partial charge in [-0.1, -0.05) is 48.7 Å². The molecule has 0 spiro atoms. The van der Waals surface area contributed by atoms with Crippen molar-refractivity contribution in [3.8, 4) is 0 Å². The van der Waals surface area contributed by atoms with E-state index in [1.54, 1.807) is 6.07 Å². The lowest BCUT2D eigenvalue weighted by atomic mass is 10.0. The summed E-state index contributed by atoms with van der Waals surface area (Å²) in [6, 6.07) is 5.91. The van der Waals surface area contributed by atoms with Gasteiger partial charge in [-0.25, -0.2) is 0 Å². The highest BCUT2D eigenvalue weighted by Crippen LogP contribution is 2.31. The maximum atomic E-state index is 9.16. The number of nitrogens with one attached hydrogen (secondary N) is 1. The average Bonchev–Trinajstić information content (AvgIpc) is 2.49. The fraction of sp³-hybridized carbons (Fsp3) is 0.625. The van der Waals surface area contributed by atoms with Crippen molar-refractivity contribution < 1.29 is 5.11 Å². The smallest absolute Gasteiger partial charge is 0.0640 e. The second-order valence-corrected chi connectivity index (χ2v) is 5.98. The van der Waals surface area contributed by atoms with Crippen LogP contribution in [0.25, 0.3) is 0 Å². The average molecular weight is 333 g/mol. The van der Waals surface area contributed by atoms with Crippen molar-refractivity contribution in [3.05, 3.63) is 33.8 Å². The number of unbranched alkanes of at least 4 members (excludes halogenated alkanes) is 1. The molecule has 0 aliphatic rings. The summed E-state index contributed by atoms with van der Waals surface area (Å²) in [5, 5.41) is 13.7. The molecule has 1 rings (SSSR count). The van der Waals surface area contributed by atoms with Gasteiger partial charge in [0, 0.05) is 19.1 Å². The monoisotopic (exact) mass is 332 g/mol. The van der Waals surface area contributed by atoms with Crippen LogP contribution in [0.4, 0.5) is 0 Å². The van der Waals surface area contributed by atoms with Crippen LogP contribution in [0.5, 0.6) is 0 Å². The molecule has 0 heterocycles. The summed E-state index contributed by atoms with van der Waals surface area (Å²) in [5.74, 6) is 0. The number of aliphatic hydroxyl groups excluding tert-OH is 1. The van der Waals surface area contributed by atoms with Gasteiger partial charge in [-0.2, -0.15) is 0 Å². The molecule has 1 unspecified atom stereocenters. The minimum absolute atomic E-state index is 0.166. The van der Waals surface area contributed by atoms with Crippen LogP contribution in [0.2, 0.25) is 10.0 Å². The molecule has 2 N–H and O–H groups in total. The number of nitrogens with zero attached hydrogens (tertiary/aromatic N) is 1. The first-order valence-electron chi connectivity index (χ1n) is 7.58. The van der Waals surface area contributed by atoms with E-state index in [9.17, 15) is 0 Å². The Morgan fingerprint density at radius 1 is 1.24 bits per heavy atom. The Balaban J connectivity index is 2.66. The van der Waals surface area contributed by atoms with Gasteiger partial charge in [0.2, 0.25) is 0 Å². The molecule has 1 atom stereocenters. The van der Waals surface area contributed by atoms with Crippen LogP contribution in [0.15, 0.2) is 18.2 Å². The van der Waals surface area contributed by atoms with E-state index < -0.39 is 0 Å². The zero-order valence-corrected chi connectivity index (χ0v) is 14.4. The normalized spacial score (nSPS) is 12.9. The summed E-state index contributed by atoms with van der Waals surface area (Å²) in [6.45, 7) is 5.05. The maximum Gasteiger partial charge on any atom is 0.0640 e. The number of benzene rings is 1. The molecule has 1 aromatic rings. The Morgan fingerprint density at radius 3 is 2.62 bits per heavy atom. The second-order valence-electron chi connectivity index (χ2n) is 5.19. The number of hydrogen-bond acceptors (Lipinski definition) is 3. The molecule has 120 valence electrons. The van der Waals surface area contributed by atoms with Crippen molar-refractivity contribution in [1.29, 1.82) is 0 Å². The van der Waals surface area contributed by atoms with Gasteiger partial charge >= 0.3 is 0 Å². The first-order chi connectivity index (χ1) is 10.1. The van der Waals surface area contributed by atoms with E-state index in [1.165, 1.54) is 0 Å². The lowest BCUT2D eigenvalue weighted by Gasteiger charge is -2.25. The molecular formula is C16H26Cl2N2O. The molecule has 0 saturated carbocycles. The fourth-order valence-electron chi connectivity index (χ4n) is 2.42. The zero-order chi connectivity index (χ0) is 15.7. The van der Waals surface area contributed by atoms with Crippen molar-refractivity contribution in [1.82, 2.24) is 10.2 Å². The molecule has 5 heteroatoms. The lowest BCUT2D eigenvalue weighted by molar-refractivity contribution is 0.188. The molecule has 0 radical (unpaired) electrons. The van der Waals surface area contributed by atoms with E-state index in [-0.39, 0.29) is 12.6 Å². The number of aliphatic hydroxyl groups is 1. The summed E-state index contributed by atoms with van der Waals surface area (Å²) >= 11 is 12.4. The van der Waals surface area contributed by atoms with E-state index in [0.717, 1.165) is 44.5 Å². The van der Waals surface area contributed by atoms with Crippen LogP contribution in [0.1, 0.15) is 37.8 Å². The molecule has 0 aliphatic carbocycles. The van der Waals surface area contributed by atoms with Crippen LogP contribution in [0, 0.1) is 0 Å². The third-order valence-electron chi connectivity index (χ3n) is 3.68. The van der Waals surface area contributed by atoms with Gasteiger partial charge in [0.1, 0.15) is 0 Å². The van der Waals surface area contributed by atoms with Crippen LogP contribution >= 0.6 is 23.2 Å².